The fourth-order valence-electron chi connectivity index (χ4n) is 1.11. The first-order valence-electron chi connectivity index (χ1n) is 4.78. The third-order valence-electron chi connectivity index (χ3n) is 1.78. The maximum absolute atomic E-state index is 11.3. The molecular weight excluding hydrogens is 251 g/mol. The minimum atomic E-state index is -0.519. The van der Waals surface area contributed by atoms with E-state index in [0.29, 0.717) is 16.7 Å². The lowest BCUT2D eigenvalue weighted by molar-refractivity contribution is -0.139. The van der Waals surface area contributed by atoms with Crippen LogP contribution in [0.5, 0.6) is 5.75 Å². The van der Waals surface area contributed by atoms with Crippen LogP contribution in [0.2, 0.25) is 10.0 Å². The zero-order valence-corrected chi connectivity index (χ0v) is 10.6. The number of hydrogen-bond donors (Lipinski definition) is 0. The highest BCUT2D eigenvalue weighted by atomic mass is 35.5. The van der Waals surface area contributed by atoms with E-state index in [9.17, 15) is 4.79 Å². The SMILES string of the molecule is CCOCC(=O)Oc1c(Cl)cc(C)cc1Cl. The zero-order valence-electron chi connectivity index (χ0n) is 9.05. The van der Waals surface area contributed by atoms with Gasteiger partial charge in [0.05, 0.1) is 10.0 Å². The van der Waals surface area contributed by atoms with Crippen molar-refractivity contribution < 1.29 is 14.3 Å². The van der Waals surface area contributed by atoms with E-state index in [2.05, 4.69) is 0 Å². The van der Waals surface area contributed by atoms with Gasteiger partial charge in [-0.2, -0.15) is 0 Å². The van der Waals surface area contributed by atoms with Crippen molar-refractivity contribution in [3.8, 4) is 5.75 Å². The van der Waals surface area contributed by atoms with Gasteiger partial charge in [-0.25, -0.2) is 4.79 Å². The van der Waals surface area contributed by atoms with Crippen LogP contribution in [0.25, 0.3) is 0 Å². The van der Waals surface area contributed by atoms with Crippen LogP contribution in [-0.2, 0) is 9.53 Å². The highest BCUT2D eigenvalue weighted by Gasteiger charge is 2.12. The predicted molar refractivity (Wildman–Crippen MR) is 63.3 cm³/mol. The Kier molecular flexibility index (Phi) is 5.06. The molecule has 0 bridgehead atoms. The van der Waals surface area contributed by atoms with Crippen LogP contribution in [0.4, 0.5) is 0 Å². The summed E-state index contributed by atoms with van der Waals surface area (Å²) in [6.07, 6.45) is 0. The summed E-state index contributed by atoms with van der Waals surface area (Å²) in [7, 11) is 0. The summed E-state index contributed by atoms with van der Waals surface area (Å²) >= 11 is 11.8. The van der Waals surface area contributed by atoms with Crippen molar-refractivity contribution >= 4 is 29.2 Å². The van der Waals surface area contributed by atoms with Crippen LogP contribution >= 0.6 is 23.2 Å². The Bertz CT molecular complexity index is 368. The van der Waals surface area contributed by atoms with E-state index in [1.54, 1.807) is 19.1 Å². The van der Waals surface area contributed by atoms with Gasteiger partial charge in [-0.05, 0) is 31.5 Å². The lowest BCUT2D eigenvalue weighted by Crippen LogP contribution is -2.15. The number of carbonyl (C=O) groups excluding carboxylic acids is 1. The van der Waals surface area contributed by atoms with Gasteiger partial charge in [-0.15, -0.1) is 0 Å². The second-order valence-electron chi connectivity index (χ2n) is 3.17. The number of rotatable bonds is 4. The van der Waals surface area contributed by atoms with Crippen molar-refractivity contribution in [3.05, 3.63) is 27.7 Å². The van der Waals surface area contributed by atoms with Crippen LogP contribution in [0, 0.1) is 6.92 Å². The Labute approximate surface area is 104 Å². The van der Waals surface area contributed by atoms with Crippen molar-refractivity contribution in [2.45, 2.75) is 13.8 Å². The Hall–Kier alpha value is -0.770. The summed E-state index contributed by atoms with van der Waals surface area (Å²) in [4.78, 5) is 11.3. The molecule has 0 heterocycles. The summed E-state index contributed by atoms with van der Waals surface area (Å²) in [6, 6.07) is 3.35. The molecule has 16 heavy (non-hydrogen) atoms. The molecule has 0 N–H and O–H groups in total. The largest absolute Gasteiger partial charge is 0.422 e. The Morgan fingerprint density at radius 1 is 1.31 bits per heavy atom. The predicted octanol–water partition coefficient (Wildman–Crippen LogP) is 3.24. The maximum atomic E-state index is 11.3. The molecule has 1 rings (SSSR count). The number of hydrogen-bond acceptors (Lipinski definition) is 3. The molecule has 1 aromatic carbocycles. The summed E-state index contributed by atoms with van der Waals surface area (Å²) in [5, 5.41) is 0.629. The highest BCUT2D eigenvalue weighted by Crippen LogP contribution is 2.34. The van der Waals surface area contributed by atoms with Crippen LogP contribution < -0.4 is 4.74 Å². The Morgan fingerprint density at radius 3 is 2.38 bits per heavy atom. The minimum Gasteiger partial charge on any atom is -0.422 e. The van der Waals surface area contributed by atoms with Crippen LogP contribution in [0.15, 0.2) is 12.1 Å². The highest BCUT2D eigenvalue weighted by molar-refractivity contribution is 6.37. The Balaban J connectivity index is 2.77. The van der Waals surface area contributed by atoms with Crippen LogP contribution in [0.1, 0.15) is 12.5 Å². The molecule has 0 amide bonds. The average molecular weight is 263 g/mol. The topological polar surface area (TPSA) is 35.5 Å². The van der Waals surface area contributed by atoms with Gasteiger partial charge in [0.25, 0.3) is 0 Å². The average Bonchev–Trinajstić information content (AvgIpc) is 2.20. The van der Waals surface area contributed by atoms with Gasteiger partial charge in [0, 0.05) is 6.61 Å². The quantitative estimate of drug-likeness (QED) is 0.618. The summed E-state index contributed by atoms with van der Waals surface area (Å²) in [6.45, 7) is 3.98. The van der Waals surface area contributed by atoms with E-state index in [1.165, 1.54) is 0 Å². The van der Waals surface area contributed by atoms with Crippen molar-refractivity contribution in [2.75, 3.05) is 13.2 Å². The molecule has 3 nitrogen and oxygen atoms in total. The molecule has 88 valence electrons. The maximum Gasteiger partial charge on any atom is 0.337 e. The van der Waals surface area contributed by atoms with Crippen LogP contribution in [0.3, 0.4) is 0 Å². The number of ether oxygens (including phenoxy) is 2. The molecular formula is C11H12Cl2O3. The van der Waals surface area contributed by atoms with E-state index in [1.807, 2.05) is 6.92 Å². The Morgan fingerprint density at radius 2 is 1.88 bits per heavy atom. The van der Waals surface area contributed by atoms with Gasteiger partial charge in [0.15, 0.2) is 5.75 Å². The summed E-state index contributed by atoms with van der Waals surface area (Å²) < 4.78 is 9.92. The van der Waals surface area contributed by atoms with Crippen LogP contribution in [-0.4, -0.2) is 19.2 Å². The number of halogens is 2. The first-order chi connectivity index (χ1) is 7.54. The third-order valence-corrected chi connectivity index (χ3v) is 2.34. The standard InChI is InChI=1S/C11H12Cl2O3/c1-3-15-6-10(14)16-11-8(12)4-7(2)5-9(11)13/h4-5H,3,6H2,1-2H3. The number of carbonyl (C=O) groups is 1. The number of benzene rings is 1. The van der Waals surface area contributed by atoms with E-state index >= 15 is 0 Å². The molecule has 0 radical (unpaired) electrons. The lowest BCUT2D eigenvalue weighted by Gasteiger charge is -2.08. The van der Waals surface area contributed by atoms with Gasteiger partial charge in [0.2, 0.25) is 0 Å². The van der Waals surface area contributed by atoms with E-state index in [4.69, 9.17) is 32.7 Å². The molecule has 0 aliphatic heterocycles. The van der Waals surface area contributed by atoms with Crippen molar-refractivity contribution in [2.24, 2.45) is 0 Å². The fourth-order valence-corrected chi connectivity index (χ4v) is 1.79. The van der Waals surface area contributed by atoms with Gasteiger partial charge >= 0.3 is 5.97 Å². The second-order valence-corrected chi connectivity index (χ2v) is 3.98. The van der Waals surface area contributed by atoms with E-state index in [0.717, 1.165) is 5.56 Å². The minimum absolute atomic E-state index is 0.114. The third kappa shape index (κ3) is 3.67. The summed E-state index contributed by atoms with van der Waals surface area (Å²) in [5.74, 6) is -0.340. The first kappa shape index (κ1) is 13.3. The number of aryl methyl sites for hydroxylation is 1. The zero-order chi connectivity index (χ0) is 12.1. The van der Waals surface area contributed by atoms with Gasteiger partial charge < -0.3 is 9.47 Å². The molecule has 0 unspecified atom stereocenters. The molecule has 0 atom stereocenters. The molecule has 0 fully saturated rings. The molecule has 0 saturated heterocycles. The van der Waals surface area contributed by atoms with E-state index in [-0.39, 0.29) is 12.4 Å². The van der Waals surface area contributed by atoms with Gasteiger partial charge in [0.1, 0.15) is 6.61 Å². The molecule has 0 spiro atoms. The van der Waals surface area contributed by atoms with Gasteiger partial charge in [-0.1, -0.05) is 23.2 Å². The lowest BCUT2D eigenvalue weighted by atomic mass is 10.2. The second kappa shape index (κ2) is 6.09. The smallest absolute Gasteiger partial charge is 0.337 e. The van der Waals surface area contributed by atoms with Gasteiger partial charge in [-0.3, -0.25) is 0 Å². The monoisotopic (exact) mass is 262 g/mol. The normalized spacial score (nSPS) is 10.2. The van der Waals surface area contributed by atoms with E-state index < -0.39 is 5.97 Å². The van der Waals surface area contributed by atoms with Crippen molar-refractivity contribution in [1.29, 1.82) is 0 Å². The molecule has 5 heteroatoms. The molecule has 0 saturated carbocycles. The summed E-state index contributed by atoms with van der Waals surface area (Å²) in [5.41, 5.74) is 0.902. The number of esters is 1. The molecule has 1 aromatic rings. The van der Waals surface area contributed by atoms with Crippen molar-refractivity contribution in [3.63, 3.8) is 0 Å². The first-order valence-corrected chi connectivity index (χ1v) is 5.54. The fraction of sp³-hybridized carbons (Fsp3) is 0.364. The van der Waals surface area contributed by atoms with Crippen molar-refractivity contribution in [1.82, 2.24) is 0 Å². The molecule has 0 aliphatic carbocycles. The molecule has 0 aliphatic rings. The molecule has 0 aromatic heterocycles.